The summed E-state index contributed by atoms with van der Waals surface area (Å²) in [5, 5.41) is 2.08. The minimum atomic E-state index is -0.365. The summed E-state index contributed by atoms with van der Waals surface area (Å²) >= 11 is 1.73. The zero-order chi connectivity index (χ0) is 25.7. The van der Waals surface area contributed by atoms with Crippen molar-refractivity contribution in [1.29, 1.82) is 0 Å². The molecule has 0 saturated carbocycles. The summed E-state index contributed by atoms with van der Waals surface area (Å²) in [7, 11) is 0. The van der Waals surface area contributed by atoms with Crippen LogP contribution in [0.25, 0.3) is 0 Å². The van der Waals surface area contributed by atoms with Gasteiger partial charge in [-0.05, 0) is 55.0 Å². The highest BCUT2D eigenvalue weighted by Gasteiger charge is 2.32. The van der Waals surface area contributed by atoms with Crippen LogP contribution < -0.4 is 0 Å². The number of benzene rings is 1. The molecule has 2 atom stereocenters. The van der Waals surface area contributed by atoms with E-state index in [0.29, 0.717) is 39.2 Å². The second-order valence-corrected chi connectivity index (χ2v) is 10.4. The van der Waals surface area contributed by atoms with Gasteiger partial charge in [-0.15, -0.1) is 11.3 Å². The SMILES string of the molecule is CCOC(=O)CCC(=O)N1CCN(C(=O)CCN2CCc3sccc3[C@@H]2c2cccc(F)c2)C[C@H]1C. The van der Waals surface area contributed by atoms with Crippen molar-refractivity contribution in [3.05, 3.63) is 57.5 Å². The van der Waals surface area contributed by atoms with Crippen LogP contribution in [0.5, 0.6) is 0 Å². The molecule has 0 bridgehead atoms. The van der Waals surface area contributed by atoms with Crippen molar-refractivity contribution in [3.63, 3.8) is 0 Å². The number of carbonyl (C=O) groups excluding carboxylic acids is 3. The monoisotopic (exact) mass is 515 g/mol. The number of halogens is 1. The van der Waals surface area contributed by atoms with Crippen LogP contribution in [0.2, 0.25) is 0 Å². The van der Waals surface area contributed by atoms with E-state index < -0.39 is 0 Å². The molecule has 0 N–H and O–H groups in total. The lowest BCUT2D eigenvalue weighted by Crippen LogP contribution is -2.55. The quantitative estimate of drug-likeness (QED) is 0.503. The van der Waals surface area contributed by atoms with Crippen molar-refractivity contribution >= 4 is 29.1 Å². The maximum absolute atomic E-state index is 14.0. The number of esters is 1. The number of rotatable bonds is 8. The Bertz CT molecular complexity index is 1090. The molecular weight excluding hydrogens is 481 g/mol. The Labute approximate surface area is 215 Å². The summed E-state index contributed by atoms with van der Waals surface area (Å²) in [4.78, 5) is 44.5. The first-order valence-corrected chi connectivity index (χ1v) is 13.5. The van der Waals surface area contributed by atoms with Crippen LogP contribution in [-0.2, 0) is 25.5 Å². The minimum Gasteiger partial charge on any atom is -0.466 e. The van der Waals surface area contributed by atoms with Crippen LogP contribution in [0, 0.1) is 5.82 Å². The number of hydrogen-bond donors (Lipinski definition) is 0. The van der Waals surface area contributed by atoms with E-state index in [0.717, 1.165) is 18.5 Å². The van der Waals surface area contributed by atoms with E-state index in [-0.39, 0.29) is 48.5 Å². The van der Waals surface area contributed by atoms with E-state index in [2.05, 4.69) is 16.3 Å². The van der Waals surface area contributed by atoms with Gasteiger partial charge in [-0.3, -0.25) is 19.3 Å². The molecule has 2 amide bonds. The van der Waals surface area contributed by atoms with Crippen molar-refractivity contribution < 1.29 is 23.5 Å². The molecule has 194 valence electrons. The van der Waals surface area contributed by atoms with Gasteiger partial charge in [-0.2, -0.15) is 0 Å². The first-order valence-electron chi connectivity index (χ1n) is 12.7. The van der Waals surface area contributed by atoms with Crippen molar-refractivity contribution in [2.24, 2.45) is 0 Å². The number of thiophene rings is 1. The molecule has 0 radical (unpaired) electrons. The highest BCUT2D eigenvalue weighted by Crippen LogP contribution is 2.38. The number of carbonyl (C=O) groups is 3. The van der Waals surface area contributed by atoms with Crippen molar-refractivity contribution in [1.82, 2.24) is 14.7 Å². The topological polar surface area (TPSA) is 70.2 Å². The molecule has 0 aliphatic carbocycles. The molecule has 1 aromatic carbocycles. The number of amides is 2. The summed E-state index contributed by atoms with van der Waals surface area (Å²) in [5.74, 6) is -0.638. The lowest BCUT2D eigenvalue weighted by atomic mass is 9.93. The van der Waals surface area contributed by atoms with Gasteiger partial charge in [0.25, 0.3) is 0 Å². The van der Waals surface area contributed by atoms with Gasteiger partial charge in [0.1, 0.15) is 5.82 Å². The minimum absolute atomic E-state index is 0.0590. The number of ether oxygens (including phenoxy) is 1. The Balaban J connectivity index is 1.33. The van der Waals surface area contributed by atoms with E-state index >= 15 is 0 Å². The van der Waals surface area contributed by atoms with E-state index in [9.17, 15) is 18.8 Å². The third-order valence-electron chi connectivity index (χ3n) is 6.99. The molecule has 0 spiro atoms. The third-order valence-corrected chi connectivity index (χ3v) is 7.99. The summed E-state index contributed by atoms with van der Waals surface area (Å²) < 4.78 is 18.9. The maximum atomic E-state index is 14.0. The largest absolute Gasteiger partial charge is 0.466 e. The van der Waals surface area contributed by atoms with Crippen molar-refractivity contribution in [2.75, 3.05) is 39.3 Å². The maximum Gasteiger partial charge on any atom is 0.306 e. The van der Waals surface area contributed by atoms with Gasteiger partial charge < -0.3 is 14.5 Å². The fourth-order valence-corrected chi connectivity index (χ4v) is 6.12. The Hall–Kier alpha value is -2.78. The van der Waals surface area contributed by atoms with Crippen molar-refractivity contribution in [2.45, 2.75) is 51.6 Å². The molecule has 2 aliphatic heterocycles. The number of piperazine rings is 1. The number of nitrogens with zero attached hydrogens (tertiary/aromatic N) is 3. The van der Waals surface area contributed by atoms with Crippen LogP contribution in [0.3, 0.4) is 0 Å². The molecule has 0 unspecified atom stereocenters. The van der Waals surface area contributed by atoms with Gasteiger partial charge in [-0.1, -0.05) is 12.1 Å². The van der Waals surface area contributed by atoms with Gasteiger partial charge in [0.2, 0.25) is 11.8 Å². The fourth-order valence-electron chi connectivity index (χ4n) is 5.21. The molecular formula is C27H34FN3O4S. The zero-order valence-corrected chi connectivity index (χ0v) is 21.8. The lowest BCUT2D eigenvalue weighted by Gasteiger charge is -2.41. The summed E-state index contributed by atoms with van der Waals surface area (Å²) in [5.41, 5.74) is 2.11. The van der Waals surface area contributed by atoms with Crippen molar-refractivity contribution in [3.8, 4) is 0 Å². The van der Waals surface area contributed by atoms with Crippen LogP contribution in [0.4, 0.5) is 4.39 Å². The molecule has 4 rings (SSSR count). The van der Waals surface area contributed by atoms with Gasteiger partial charge in [-0.25, -0.2) is 4.39 Å². The summed E-state index contributed by atoms with van der Waals surface area (Å²) in [6.07, 6.45) is 1.50. The molecule has 1 aromatic heterocycles. The van der Waals surface area contributed by atoms with Gasteiger partial charge in [0.15, 0.2) is 0 Å². The van der Waals surface area contributed by atoms with E-state index in [4.69, 9.17) is 4.74 Å². The van der Waals surface area contributed by atoms with Crippen LogP contribution >= 0.6 is 11.3 Å². The second kappa shape index (κ2) is 12.0. The predicted molar refractivity (Wildman–Crippen MR) is 136 cm³/mol. The van der Waals surface area contributed by atoms with Gasteiger partial charge in [0.05, 0.1) is 19.1 Å². The standard InChI is InChI=1S/C27H34FN3O4S/c1-3-35-26(34)8-7-25(33)31-15-14-30(18-19(31)2)24(32)10-13-29-12-9-23-22(11-16-36-23)27(29)20-5-4-6-21(28)17-20/h4-6,11,16-17,19,27H,3,7-10,12-15,18H2,1-2H3/t19-,27+/m1/s1. The Morgan fingerprint density at radius 1 is 1.08 bits per heavy atom. The Morgan fingerprint density at radius 3 is 2.67 bits per heavy atom. The van der Waals surface area contributed by atoms with Crippen LogP contribution in [0.1, 0.15) is 55.2 Å². The molecule has 2 aliphatic rings. The van der Waals surface area contributed by atoms with E-state index in [1.165, 1.54) is 16.5 Å². The average molecular weight is 516 g/mol. The molecule has 1 saturated heterocycles. The van der Waals surface area contributed by atoms with Gasteiger partial charge >= 0.3 is 5.97 Å². The molecule has 9 heteroatoms. The summed E-state index contributed by atoms with van der Waals surface area (Å²) in [6, 6.07) is 8.68. The summed E-state index contributed by atoms with van der Waals surface area (Å²) in [6.45, 7) is 6.81. The Morgan fingerprint density at radius 2 is 1.92 bits per heavy atom. The zero-order valence-electron chi connectivity index (χ0n) is 21.0. The molecule has 1 fully saturated rings. The lowest BCUT2D eigenvalue weighted by molar-refractivity contribution is -0.147. The molecule has 36 heavy (non-hydrogen) atoms. The highest BCUT2D eigenvalue weighted by molar-refractivity contribution is 7.10. The smallest absolute Gasteiger partial charge is 0.306 e. The van der Waals surface area contributed by atoms with E-state index in [1.54, 1.807) is 35.3 Å². The molecule has 3 heterocycles. The van der Waals surface area contributed by atoms with Gasteiger partial charge in [0, 0.05) is 56.5 Å². The normalized spacial score (nSPS) is 20.2. The first kappa shape index (κ1) is 26.3. The fraction of sp³-hybridized carbons (Fsp3) is 0.519. The van der Waals surface area contributed by atoms with Crippen LogP contribution in [-0.4, -0.2) is 77.9 Å². The number of hydrogen-bond acceptors (Lipinski definition) is 6. The molecule has 2 aromatic rings. The second-order valence-electron chi connectivity index (χ2n) is 9.37. The van der Waals surface area contributed by atoms with E-state index in [1.807, 2.05) is 17.9 Å². The Kier molecular flexibility index (Phi) is 8.74. The molecule has 7 nitrogen and oxygen atoms in total. The first-order chi connectivity index (χ1) is 17.4. The highest BCUT2D eigenvalue weighted by atomic mass is 32.1. The predicted octanol–water partition coefficient (Wildman–Crippen LogP) is 3.63. The third kappa shape index (κ3) is 6.13. The van der Waals surface area contributed by atoms with Crippen LogP contribution in [0.15, 0.2) is 35.7 Å². The number of fused-ring (bicyclic) bond motifs is 1. The average Bonchev–Trinajstić information content (AvgIpc) is 3.34.